The van der Waals surface area contributed by atoms with Crippen molar-refractivity contribution in [1.82, 2.24) is 29.5 Å². The van der Waals surface area contributed by atoms with Gasteiger partial charge in [-0.15, -0.1) is 0 Å². The first-order valence-corrected chi connectivity index (χ1v) is 10.1. The Morgan fingerprint density at radius 2 is 2.00 bits per heavy atom. The minimum atomic E-state index is 0.654. The van der Waals surface area contributed by atoms with Crippen molar-refractivity contribution in [2.45, 2.75) is 32.7 Å². The Bertz CT molecular complexity index is 1210. The average molecular weight is 395 g/mol. The van der Waals surface area contributed by atoms with Crippen LogP contribution in [0.5, 0.6) is 0 Å². The van der Waals surface area contributed by atoms with Crippen molar-refractivity contribution in [3.05, 3.63) is 77.6 Å². The maximum absolute atomic E-state index is 9.08. The molecule has 30 heavy (non-hydrogen) atoms. The van der Waals surface area contributed by atoms with Gasteiger partial charge in [-0.1, -0.05) is 12.1 Å². The van der Waals surface area contributed by atoms with Crippen LogP contribution in [0.4, 0.5) is 0 Å². The van der Waals surface area contributed by atoms with Gasteiger partial charge in [0.1, 0.15) is 6.33 Å². The highest BCUT2D eigenvalue weighted by molar-refractivity contribution is 5.65. The third-order valence-corrected chi connectivity index (χ3v) is 5.53. The number of hydrogen-bond acceptors (Lipinski definition) is 5. The maximum atomic E-state index is 9.08. The zero-order valence-electron chi connectivity index (χ0n) is 16.7. The van der Waals surface area contributed by atoms with E-state index in [2.05, 4.69) is 32.7 Å². The molecule has 5 rings (SSSR count). The van der Waals surface area contributed by atoms with Gasteiger partial charge in [-0.2, -0.15) is 15.5 Å². The molecular weight excluding hydrogens is 374 g/mol. The van der Waals surface area contributed by atoms with Crippen LogP contribution in [0.1, 0.15) is 35.4 Å². The van der Waals surface area contributed by atoms with Crippen molar-refractivity contribution >= 4 is 0 Å². The molecule has 7 nitrogen and oxygen atoms in total. The van der Waals surface area contributed by atoms with Gasteiger partial charge in [0.25, 0.3) is 0 Å². The van der Waals surface area contributed by atoms with Crippen LogP contribution in [-0.2, 0) is 13.0 Å². The normalized spacial score (nSPS) is 13.3. The predicted octanol–water partition coefficient (Wildman–Crippen LogP) is 3.71. The number of nitrogens with zero attached hydrogens (tertiary/aromatic N) is 7. The van der Waals surface area contributed by atoms with Crippen LogP contribution in [0.3, 0.4) is 0 Å². The van der Waals surface area contributed by atoms with Gasteiger partial charge in [-0.05, 0) is 49.4 Å². The quantitative estimate of drug-likeness (QED) is 0.497. The molecule has 0 N–H and O–H groups in total. The summed E-state index contributed by atoms with van der Waals surface area (Å²) >= 11 is 0. The molecule has 4 aromatic rings. The summed E-state index contributed by atoms with van der Waals surface area (Å²) in [7, 11) is 0. The molecule has 1 fully saturated rings. The third-order valence-electron chi connectivity index (χ3n) is 5.53. The second-order valence-electron chi connectivity index (χ2n) is 7.73. The summed E-state index contributed by atoms with van der Waals surface area (Å²) in [5, 5.41) is 18.3. The van der Waals surface area contributed by atoms with Crippen molar-refractivity contribution in [2.75, 3.05) is 0 Å². The highest BCUT2D eigenvalue weighted by atomic mass is 15.3. The smallest absolute Gasteiger partial charge is 0.156 e. The van der Waals surface area contributed by atoms with Gasteiger partial charge in [-0.3, -0.25) is 4.68 Å². The standard InChI is InChI=1S/C23H21N7/c1-16-21(11-20-12-22(26-15-25-20)29-10-2-9-27-29)30(14-18-3-4-18)28-23(16)19-7-5-17(13-24)6-8-19/h2,5-10,12,15,18H,3-4,11,14H2,1H3. The number of nitriles is 1. The topological polar surface area (TPSA) is 85.2 Å². The van der Waals surface area contributed by atoms with E-state index in [0.29, 0.717) is 17.9 Å². The molecule has 7 heteroatoms. The van der Waals surface area contributed by atoms with Gasteiger partial charge in [0.2, 0.25) is 0 Å². The summed E-state index contributed by atoms with van der Waals surface area (Å²) in [5.74, 6) is 1.46. The number of aromatic nitrogens is 6. The molecule has 1 aliphatic carbocycles. The summed E-state index contributed by atoms with van der Waals surface area (Å²) in [4.78, 5) is 8.83. The maximum Gasteiger partial charge on any atom is 0.156 e. The van der Waals surface area contributed by atoms with Crippen molar-refractivity contribution < 1.29 is 0 Å². The van der Waals surface area contributed by atoms with Crippen molar-refractivity contribution in [2.24, 2.45) is 5.92 Å². The van der Waals surface area contributed by atoms with Crippen LogP contribution in [0.2, 0.25) is 0 Å². The van der Waals surface area contributed by atoms with E-state index in [9.17, 15) is 0 Å². The zero-order chi connectivity index (χ0) is 20.5. The predicted molar refractivity (Wildman–Crippen MR) is 112 cm³/mol. The molecule has 0 unspecified atom stereocenters. The fraction of sp³-hybridized carbons (Fsp3) is 0.261. The summed E-state index contributed by atoms with van der Waals surface area (Å²) in [6.07, 6.45) is 8.41. The van der Waals surface area contributed by atoms with Gasteiger partial charge in [0, 0.05) is 42.7 Å². The third kappa shape index (κ3) is 3.60. The molecule has 0 atom stereocenters. The Morgan fingerprint density at radius 1 is 1.17 bits per heavy atom. The first-order chi connectivity index (χ1) is 14.7. The van der Waals surface area contributed by atoms with E-state index < -0.39 is 0 Å². The van der Waals surface area contributed by atoms with Crippen LogP contribution in [-0.4, -0.2) is 29.5 Å². The van der Waals surface area contributed by atoms with Gasteiger partial charge < -0.3 is 0 Å². The zero-order valence-corrected chi connectivity index (χ0v) is 16.7. The Morgan fingerprint density at radius 3 is 2.70 bits per heavy atom. The second-order valence-corrected chi connectivity index (χ2v) is 7.73. The molecule has 148 valence electrons. The molecule has 1 aromatic carbocycles. The number of hydrogen-bond donors (Lipinski definition) is 0. The molecule has 3 aromatic heterocycles. The molecule has 0 spiro atoms. The van der Waals surface area contributed by atoms with E-state index in [1.54, 1.807) is 17.2 Å². The second kappa shape index (κ2) is 7.56. The molecule has 0 bridgehead atoms. The molecule has 1 saturated carbocycles. The molecule has 0 radical (unpaired) electrons. The fourth-order valence-corrected chi connectivity index (χ4v) is 3.67. The number of rotatable bonds is 6. The summed E-state index contributed by atoms with van der Waals surface area (Å²) in [6.45, 7) is 3.05. The van der Waals surface area contributed by atoms with Gasteiger partial charge in [0.15, 0.2) is 5.82 Å². The van der Waals surface area contributed by atoms with Crippen molar-refractivity contribution in [3.8, 4) is 23.1 Å². The SMILES string of the molecule is Cc1c(-c2ccc(C#N)cc2)nn(CC2CC2)c1Cc1cc(-n2cccn2)ncn1. The minimum Gasteiger partial charge on any atom is -0.268 e. The Hall–Kier alpha value is -3.79. The highest BCUT2D eigenvalue weighted by Gasteiger charge is 2.25. The first kappa shape index (κ1) is 18.3. The van der Waals surface area contributed by atoms with Gasteiger partial charge in [0.05, 0.1) is 23.0 Å². The molecule has 0 amide bonds. The monoisotopic (exact) mass is 395 g/mol. The molecule has 3 heterocycles. The lowest BCUT2D eigenvalue weighted by atomic mass is 10.0. The van der Waals surface area contributed by atoms with E-state index in [1.807, 2.05) is 42.6 Å². The van der Waals surface area contributed by atoms with E-state index in [0.717, 1.165) is 34.9 Å². The van der Waals surface area contributed by atoms with E-state index in [4.69, 9.17) is 10.4 Å². The van der Waals surface area contributed by atoms with E-state index in [1.165, 1.54) is 18.5 Å². The van der Waals surface area contributed by atoms with Crippen LogP contribution in [0, 0.1) is 24.2 Å². The molecular formula is C23H21N7. The Kier molecular flexibility index (Phi) is 4.60. The van der Waals surface area contributed by atoms with E-state index >= 15 is 0 Å². The van der Waals surface area contributed by atoms with Crippen molar-refractivity contribution in [1.29, 1.82) is 5.26 Å². The highest BCUT2D eigenvalue weighted by Crippen LogP contribution is 2.33. The minimum absolute atomic E-state index is 0.654. The van der Waals surface area contributed by atoms with Crippen molar-refractivity contribution in [3.63, 3.8) is 0 Å². The van der Waals surface area contributed by atoms with Crippen LogP contribution in [0.15, 0.2) is 55.1 Å². The Balaban J connectivity index is 1.51. The lowest BCUT2D eigenvalue weighted by Crippen LogP contribution is -2.09. The largest absolute Gasteiger partial charge is 0.268 e. The average Bonchev–Trinajstić information content (AvgIpc) is 3.32. The summed E-state index contributed by atoms with van der Waals surface area (Å²) in [6, 6.07) is 13.7. The summed E-state index contributed by atoms with van der Waals surface area (Å²) in [5.41, 5.74) is 5.91. The van der Waals surface area contributed by atoms with Crippen LogP contribution < -0.4 is 0 Å². The molecule has 0 aliphatic heterocycles. The number of benzene rings is 1. The van der Waals surface area contributed by atoms with Gasteiger partial charge >= 0.3 is 0 Å². The first-order valence-electron chi connectivity index (χ1n) is 10.1. The van der Waals surface area contributed by atoms with E-state index in [-0.39, 0.29) is 0 Å². The van der Waals surface area contributed by atoms with Crippen LogP contribution >= 0.6 is 0 Å². The van der Waals surface area contributed by atoms with Gasteiger partial charge in [-0.25, -0.2) is 14.6 Å². The summed E-state index contributed by atoms with van der Waals surface area (Å²) < 4.78 is 3.89. The molecule has 1 aliphatic rings. The lowest BCUT2D eigenvalue weighted by molar-refractivity contribution is 0.544. The van der Waals surface area contributed by atoms with Crippen LogP contribution in [0.25, 0.3) is 17.1 Å². The Labute approximate surface area is 174 Å². The lowest BCUT2D eigenvalue weighted by Gasteiger charge is -2.08. The fourth-order valence-electron chi connectivity index (χ4n) is 3.67. The molecule has 0 saturated heterocycles.